The van der Waals surface area contributed by atoms with Crippen molar-refractivity contribution >= 4 is 53.3 Å². The van der Waals surface area contributed by atoms with Crippen LogP contribution in [0, 0.1) is 0 Å². The Labute approximate surface area is 295 Å². The van der Waals surface area contributed by atoms with Gasteiger partial charge in [-0.2, -0.15) is 0 Å². The fourth-order valence-electron chi connectivity index (χ4n) is 7.55. The lowest BCUT2D eigenvalue weighted by Gasteiger charge is -2.14. The van der Waals surface area contributed by atoms with E-state index in [1.54, 1.807) is 0 Å². The van der Waals surface area contributed by atoms with E-state index in [1.807, 2.05) is 11.3 Å². The molecule has 0 radical (unpaired) electrons. The highest BCUT2D eigenvalue weighted by Crippen LogP contribution is 2.40. The highest BCUT2D eigenvalue weighted by atomic mass is 32.1. The van der Waals surface area contributed by atoms with Gasteiger partial charge < -0.3 is 4.57 Å². The molecule has 10 rings (SSSR count). The molecule has 0 fully saturated rings. The molecule has 0 bridgehead atoms. The summed E-state index contributed by atoms with van der Waals surface area (Å²) in [6, 6.07) is 68.7. The van der Waals surface area contributed by atoms with E-state index < -0.39 is 0 Å². The minimum absolute atomic E-state index is 1.16. The molecule has 0 saturated heterocycles. The van der Waals surface area contributed by atoms with Crippen LogP contribution in [0.3, 0.4) is 0 Å². The second kappa shape index (κ2) is 11.7. The van der Waals surface area contributed by atoms with E-state index in [2.05, 4.69) is 193 Å². The van der Waals surface area contributed by atoms with Crippen molar-refractivity contribution in [2.24, 2.45) is 0 Å². The maximum absolute atomic E-state index is 2.43. The van der Waals surface area contributed by atoms with Gasteiger partial charge in [0.05, 0.1) is 11.0 Å². The van der Waals surface area contributed by atoms with Crippen LogP contribution in [0.1, 0.15) is 0 Å². The molecular weight excluding hydrogens is 623 g/mol. The molecule has 2 aromatic heterocycles. The summed E-state index contributed by atoms with van der Waals surface area (Å²) in [7, 11) is 0. The van der Waals surface area contributed by atoms with Crippen LogP contribution in [0.15, 0.2) is 188 Å². The molecule has 234 valence electrons. The summed E-state index contributed by atoms with van der Waals surface area (Å²) < 4.78 is 5.10. The third kappa shape index (κ3) is 4.84. The quantitative estimate of drug-likeness (QED) is 0.174. The second-order valence-corrected chi connectivity index (χ2v) is 14.1. The summed E-state index contributed by atoms with van der Waals surface area (Å²) in [5.74, 6) is 0. The second-order valence-electron chi connectivity index (χ2n) is 13.0. The average molecular weight is 654 g/mol. The molecule has 0 N–H and O–H groups in total. The number of hydrogen-bond acceptors (Lipinski definition) is 1. The van der Waals surface area contributed by atoms with Crippen LogP contribution in [-0.4, -0.2) is 4.57 Å². The molecule has 50 heavy (non-hydrogen) atoms. The van der Waals surface area contributed by atoms with E-state index in [1.165, 1.54) is 86.5 Å². The Morgan fingerprint density at radius 3 is 1.50 bits per heavy atom. The van der Waals surface area contributed by atoms with Gasteiger partial charge in [0.15, 0.2) is 0 Å². The van der Waals surface area contributed by atoms with Gasteiger partial charge in [-0.05, 0) is 105 Å². The Hall–Kier alpha value is -6.22. The Bertz CT molecular complexity index is 2800. The number of benzene rings is 8. The molecule has 2 heteroatoms. The molecular formula is C48H31NS. The first-order chi connectivity index (χ1) is 24.8. The summed E-state index contributed by atoms with van der Waals surface area (Å²) in [6.07, 6.45) is 0. The summed E-state index contributed by atoms with van der Waals surface area (Å²) in [5, 5.41) is 5.16. The lowest BCUT2D eigenvalue weighted by Crippen LogP contribution is -1.96. The van der Waals surface area contributed by atoms with Crippen LogP contribution in [0.25, 0.3) is 92.2 Å². The predicted molar refractivity (Wildman–Crippen MR) is 215 cm³/mol. The van der Waals surface area contributed by atoms with Gasteiger partial charge in [0.2, 0.25) is 0 Å². The van der Waals surface area contributed by atoms with Gasteiger partial charge >= 0.3 is 0 Å². The number of rotatable bonds is 5. The van der Waals surface area contributed by atoms with Gasteiger partial charge in [-0.1, -0.05) is 127 Å². The molecule has 1 nitrogen and oxygen atoms in total. The molecule has 8 aromatic carbocycles. The number of para-hydroxylation sites is 1. The lowest BCUT2D eigenvalue weighted by atomic mass is 9.97. The van der Waals surface area contributed by atoms with Crippen molar-refractivity contribution in [1.29, 1.82) is 0 Å². The fraction of sp³-hybridized carbons (Fsp3) is 0. The Balaban J connectivity index is 1.12. The van der Waals surface area contributed by atoms with Crippen molar-refractivity contribution in [3.8, 4) is 50.2 Å². The summed E-state index contributed by atoms with van der Waals surface area (Å²) >= 11 is 1.86. The number of thiophene rings is 1. The smallest absolute Gasteiger partial charge is 0.0541 e. The minimum Gasteiger partial charge on any atom is -0.309 e. The van der Waals surface area contributed by atoms with Crippen LogP contribution in [0.4, 0.5) is 0 Å². The third-order valence-electron chi connectivity index (χ3n) is 9.97. The van der Waals surface area contributed by atoms with Crippen molar-refractivity contribution in [3.05, 3.63) is 188 Å². The minimum atomic E-state index is 1.16. The van der Waals surface area contributed by atoms with Crippen LogP contribution in [-0.2, 0) is 0 Å². The zero-order valence-corrected chi connectivity index (χ0v) is 28.1. The number of hydrogen-bond donors (Lipinski definition) is 0. The maximum atomic E-state index is 2.43. The van der Waals surface area contributed by atoms with Crippen LogP contribution < -0.4 is 0 Å². The van der Waals surface area contributed by atoms with Gasteiger partial charge in [-0.15, -0.1) is 11.3 Å². The van der Waals surface area contributed by atoms with E-state index in [9.17, 15) is 0 Å². The lowest BCUT2D eigenvalue weighted by molar-refractivity contribution is 1.18. The van der Waals surface area contributed by atoms with E-state index in [0.29, 0.717) is 0 Å². The molecule has 0 saturated carbocycles. The summed E-state index contributed by atoms with van der Waals surface area (Å²) in [4.78, 5) is 0. The van der Waals surface area contributed by atoms with Crippen molar-refractivity contribution < 1.29 is 0 Å². The SMILES string of the molecule is c1ccc(-c2cc(-c3ccccc3)cc(-n3c4ccccc4c4cc(-c5cccc(-c6ccc7sc8ccccc8c7c6)c5)ccc43)c2)cc1. The van der Waals surface area contributed by atoms with E-state index in [4.69, 9.17) is 0 Å². The van der Waals surface area contributed by atoms with Crippen LogP contribution >= 0.6 is 11.3 Å². The van der Waals surface area contributed by atoms with E-state index in [0.717, 1.165) is 5.69 Å². The highest BCUT2D eigenvalue weighted by Gasteiger charge is 2.16. The van der Waals surface area contributed by atoms with E-state index >= 15 is 0 Å². The Morgan fingerprint density at radius 1 is 0.280 bits per heavy atom. The Kier molecular flexibility index (Phi) is 6.75. The maximum Gasteiger partial charge on any atom is 0.0541 e. The molecule has 0 amide bonds. The normalized spacial score (nSPS) is 11.6. The average Bonchev–Trinajstić information content (AvgIpc) is 3.73. The molecule has 0 atom stereocenters. The highest BCUT2D eigenvalue weighted by molar-refractivity contribution is 7.25. The van der Waals surface area contributed by atoms with E-state index in [-0.39, 0.29) is 0 Å². The first kappa shape index (κ1) is 28.8. The van der Waals surface area contributed by atoms with Gasteiger partial charge in [-0.25, -0.2) is 0 Å². The first-order valence-electron chi connectivity index (χ1n) is 17.1. The van der Waals surface area contributed by atoms with Gasteiger partial charge in [0, 0.05) is 36.6 Å². The zero-order valence-electron chi connectivity index (χ0n) is 27.3. The fourth-order valence-corrected chi connectivity index (χ4v) is 8.64. The van der Waals surface area contributed by atoms with Crippen LogP contribution in [0.2, 0.25) is 0 Å². The molecule has 0 spiro atoms. The van der Waals surface area contributed by atoms with Gasteiger partial charge in [0.1, 0.15) is 0 Å². The van der Waals surface area contributed by atoms with Gasteiger partial charge in [-0.3, -0.25) is 0 Å². The molecule has 2 heterocycles. The molecule has 0 aliphatic rings. The summed E-state index contributed by atoms with van der Waals surface area (Å²) in [6.45, 7) is 0. The largest absolute Gasteiger partial charge is 0.309 e. The number of aromatic nitrogens is 1. The zero-order chi connectivity index (χ0) is 33.0. The third-order valence-corrected chi connectivity index (χ3v) is 11.1. The van der Waals surface area contributed by atoms with Crippen molar-refractivity contribution in [3.63, 3.8) is 0 Å². The molecule has 10 aromatic rings. The van der Waals surface area contributed by atoms with Gasteiger partial charge in [0.25, 0.3) is 0 Å². The predicted octanol–water partition coefficient (Wildman–Crippen LogP) is 13.8. The first-order valence-corrected chi connectivity index (χ1v) is 17.9. The van der Waals surface area contributed by atoms with Crippen molar-refractivity contribution in [1.82, 2.24) is 4.57 Å². The van der Waals surface area contributed by atoms with Crippen molar-refractivity contribution in [2.45, 2.75) is 0 Å². The molecule has 0 aliphatic heterocycles. The molecule has 0 unspecified atom stereocenters. The monoisotopic (exact) mass is 653 g/mol. The topological polar surface area (TPSA) is 4.93 Å². The number of nitrogens with zero attached hydrogens (tertiary/aromatic N) is 1. The van der Waals surface area contributed by atoms with Crippen molar-refractivity contribution in [2.75, 3.05) is 0 Å². The van der Waals surface area contributed by atoms with Crippen LogP contribution in [0.5, 0.6) is 0 Å². The number of fused-ring (bicyclic) bond motifs is 6. The molecule has 0 aliphatic carbocycles. The standard InChI is InChI=1S/C48H31NS/c1-3-12-32(13-4-1)38-27-39(33-14-5-2-6-15-33)29-40(28-38)49-45-20-9-7-18-41(45)43-30-36(22-24-46(43)49)34-16-11-17-35(26-34)37-23-25-48-44(31-37)42-19-8-10-21-47(42)50-48/h1-31H. The summed E-state index contributed by atoms with van der Waals surface area (Å²) in [5.41, 5.74) is 13.3. The Morgan fingerprint density at radius 2 is 0.780 bits per heavy atom.